The molecule has 1 aliphatic rings. The average molecular weight is 251 g/mol. The molecule has 3 rings (SSSR count). The molecule has 0 radical (unpaired) electrons. The Kier molecular flexibility index (Phi) is 3.39. The molecule has 2 aromatic carbocycles. The van der Waals surface area contributed by atoms with Gasteiger partial charge in [0.15, 0.2) is 0 Å². The highest BCUT2D eigenvalue weighted by Crippen LogP contribution is 2.34. The lowest BCUT2D eigenvalue weighted by Crippen LogP contribution is -2.30. The molecule has 19 heavy (non-hydrogen) atoms. The predicted octanol–water partition coefficient (Wildman–Crippen LogP) is 3.99. The first-order valence-electron chi connectivity index (χ1n) is 7.12. The second kappa shape index (κ2) is 5.18. The van der Waals surface area contributed by atoms with E-state index in [1.54, 1.807) is 0 Å². The number of hydrogen-bond acceptors (Lipinski definition) is 1. The highest BCUT2D eigenvalue weighted by atomic mass is 14.9. The molecule has 0 heterocycles. The summed E-state index contributed by atoms with van der Waals surface area (Å²) in [7, 11) is 0. The molecule has 1 N–H and O–H groups in total. The van der Waals surface area contributed by atoms with E-state index in [2.05, 4.69) is 67.7 Å². The molecule has 0 bridgehead atoms. The Balaban J connectivity index is 1.57. The second-order valence-corrected chi connectivity index (χ2v) is 5.64. The summed E-state index contributed by atoms with van der Waals surface area (Å²) in [5.41, 5.74) is 5.76. The molecule has 0 saturated heterocycles. The van der Waals surface area contributed by atoms with E-state index in [-0.39, 0.29) is 0 Å². The zero-order chi connectivity index (χ0) is 13.2. The first-order valence-corrected chi connectivity index (χ1v) is 7.12. The van der Waals surface area contributed by atoms with Crippen molar-refractivity contribution in [2.45, 2.75) is 32.2 Å². The monoisotopic (exact) mass is 251 g/mol. The number of hydrogen-bond donors (Lipinski definition) is 1. The van der Waals surface area contributed by atoms with Crippen molar-refractivity contribution in [3.8, 4) is 0 Å². The van der Waals surface area contributed by atoms with Crippen LogP contribution >= 0.6 is 0 Å². The molecular weight excluding hydrogens is 230 g/mol. The van der Waals surface area contributed by atoms with Crippen LogP contribution in [0.2, 0.25) is 0 Å². The molecule has 98 valence electrons. The summed E-state index contributed by atoms with van der Waals surface area (Å²) in [6.45, 7) is 5.45. The van der Waals surface area contributed by atoms with Gasteiger partial charge in [0.1, 0.15) is 0 Å². The zero-order valence-electron chi connectivity index (χ0n) is 11.7. The quantitative estimate of drug-likeness (QED) is 0.866. The van der Waals surface area contributed by atoms with Gasteiger partial charge in [-0.2, -0.15) is 0 Å². The van der Waals surface area contributed by atoms with Gasteiger partial charge in [-0.25, -0.2) is 0 Å². The third-order valence-electron chi connectivity index (χ3n) is 4.21. The molecule has 1 aliphatic carbocycles. The second-order valence-electron chi connectivity index (χ2n) is 5.64. The topological polar surface area (TPSA) is 12.0 Å². The molecule has 2 atom stereocenters. The normalized spacial score (nSPS) is 18.5. The van der Waals surface area contributed by atoms with Crippen LogP contribution in [0.1, 0.15) is 41.1 Å². The van der Waals surface area contributed by atoms with Gasteiger partial charge in [-0.1, -0.05) is 54.1 Å². The predicted molar refractivity (Wildman–Crippen MR) is 80.5 cm³/mol. The minimum Gasteiger partial charge on any atom is -0.310 e. The third-order valence-corrected chi connectivity index (χ3v) is 4.21. The maximum Gasteiger partial charge on any atom is 0.0292 e. The van der Waals surface area contributed by atoms with Gasteiger partial charge in [0.2, 0.25) is 0 Å². The number of nitrogens with one attached hydrogen (secondary N) is 1. The Hall–Kier alpha value is -1.60. The summed E-state index contributed by atoms with van der Waals surface area (Å²) in [5, 5.41) is 3.66. The Morgan fingerprint density at radius 3 is 2.58 bits per heavy atom. The van der Waals surface area contributed by atoms with Gasteiger partial charge in [-0.3, -0.25) is 0 Å². The lowest BCUT2D eigenvalue weighted by atomic mass is 9.77. The van der Waals surface area contributed by atoms with Crippen molar-refractivity contribution in [2.75, 3.05) is 6.54 Å². The van der Waals surface area contributed by atoms with Gasteiger partial charge in [-0.15, -0.1) is 0 Å². The SMILES string of the molecule is Cc1ccc([C@H](C)NCC2Cc3ccccc32)cc1. The zero-order valence-corrected chi connectivity index (χ0v) is 11.7. The largest absolute Gasteiger partial charge is 0.310 e. The average Bonchev–Trinajstić information content (AvgIpc) is 2.40. The highest BCUT2D eigenvalue weighted by molar-refractivity contribution is 5.40. The van der Waals surface area contributed by atoms with Crippen molar-refractivity contribution in [3.63, 3.8) is 0 Å². The Labute approximate surface area is 115 Å². The van der Waals surface area contributed by atoms with Crippen molar-refractivity contribution >= 4 is 0 Å². The van der Waals surface area contributed by atoms with Crippen molar-refractivity contribution in [3.05, 3.63) is 70.8 Å². The fourth-order valence-electron chi connectivity index (χ4n) is 2.84. The minimum absolute atomic E-state index is 0.424. The molecule has 1 heteroatoms. The summed E-state index contributed by atoms with van der Waals surface area (Å²) in [4.78, 5) is 0. The van der Waals surface area contributed by atoms with Gasteiger partial charge >= 0.3 is 0 Å². The van der Waals surface area contributed by atoms with E-state index in [9.17, 15) is 0 Å². The van der Waals surface area contributed by atoms with Crippen molar-refractivity contribution in [1.82, 2.24) is 5.32 Å². The Morgan fingerprint density at radius 2 is 1.84 bits per heavy atom. The summed E-state index contributed by atoms with van der Waals surface area (Å²) >= 11 is 0. The van der Waals surface area contributed by atoms with Crippen LogP contribution in [-0.4, -0.2) is 6.54 Å². The van der Waals surface area contributed by atoms with Gasteiger partial charge < -0.3 is 5.32 Å². The summed E-state index contributed by atoms with van der Waals surface area (Å²) in [6, 6.07) is 18.0. The van der Waals surface area contributed by atoms with Crippen LogP contribution in [0.4, 0.5) is 0 Å². The van der Waals surface area contributed by atoms with E-state index >= 15 is 0 Å². The van der Waals surface area contributed by atoms with Crippen LogP contribution in [0.25, 0.3) is 0 Å². The highest BCUT2D eigenvalue weighted by Gasteiger charge is 2.25. The van der Waals surface area contributed by atoms with Crippen LogP contribution in [-0.2, 0) is 6.42 Å². The molecule has 2 aromatic rings. The summed E-state index contributed by atoms with van der Waals surface area (Å²) < 4.78 is 0. The summed E-state index contributed by atoms with van der Waals surface area (Å²) in [5.74, 6) is 0.698. The summed E-state index contributed by atoms with van der Waals surface area (Å²) in [6.07, 6.45) is 1.23. The van der Waals surface area contributed by atoms with E-state index in [0.29, 0.717) is 12.0 Å². The van der Waals surface area contributed by atoms with Crippen molar-refractivity contribution in [2.24, 2.45) is 0 Å². The number of fused-ring (bicyclic) bond motifs is 1. The van der Waals surface area contributed by atoms with Gasteiger partial charge in [-0.05, 0) is 37.0 Å². The number of benzene rings is 2. The maximum absolute atomic E-state index is 3.66. The molecule has 1 nitrogen and oxygen atoms in total. The van der Waals surface area contributed by atoms with E-state index in [4.69, 9.17) is 0 Å². The molecule has 0 spiro atoms. The standard InChI is InChI=1S/C18H21N/c1-13-7-9-15(10-8-13)14(2)19-12-17-11-16-5-3-4-6-18(16)17/h3-10,14,17,19H,11-12H2,1-2H3/t14-,17?/m0/s1. The van der Waals surface area contributed by atoms with Crippen LogP contribution in [0.5, 0.6) is 0 Å². The number of aryl methyl sites for hydroxylation is 1. The van der Waals surface area contributed by atoms with E-state index < -0.39 is 0 Å². The fraction of sp³-hybridized carbons (Fsp3) is 0.333. The van der Waals surface area contributed by atoms with Crippen molar-refractivity contribution < 1.29 is 0 Å². The molecule has 0 amide bonds. The number of rotatable bonds is 4. The molecule has 0 saturated carbocycles. The van der Waals surface area contributed by atoms with Crippen LogP contribution in [0.15, 0.2) is 48.5 Å². The minimum atomic E-state index is 0.424. The molecule has 0 fully saturated rings. The van der Waals surface area contributed by atoms with E-state index in [0.717, 1.165) is 6.54 Å². The van der Waals surface area contributed by atoms with Crippen LogP contribution in [0, 0.1) is 6.92 Å². The fourth-order valence-corrected chi connectivity index (χ4v) is 2.84. The lowest BCUT2D eigenvalue weighted by Gasteiger charge is -2.31. The van der Waals surface area contributed by atoms with Gasteiger partial charge in [0.25, 0.3) is 0 Å². The first kappa shape index (κ1) is 12.4. The van der Waals surface area contributed by atoms with Gasteiger partial charge in [0.05, 0.1) is 0 Å². The van der Waals surface area contributed by atoms with Crippen molar-refractivity contribution in [1.29, 1.82) is 0 Å². The molecular formula is C18H21N. The van der Waals surface area contributed by atoms with Crippen LogP contribution < -0.4 is 5.32 Å². The smallest absolute Gasteiger partial charge is 0.0292 e. The third kappa shape index (κ3) is 2.57. The molecule has 0 aliphatic heterocycles. The lowest BCUT2D eigenvalue weighted by molar-refractivity contribution is 0.489. The first-order chi connectivity index (χ1) is 9.24. The van der Waals surface area contributed by atoms with E-state index in [1.807, 2.05) is 0 Å². The Morgan fingerprint density at radius 1 is 1.11 bits per heavy atom. The van der Waals surface area contributed by atoms with Gasteiger partial charge in [0, 0.05) is 18.5 Å². The van der Waals surface area contributed by atoms with E-state index in [1.165, 1.54) is 28.7 Å². The maximum atomic E-state index is 3.66. The Bertz CT molecular complexity index is 556. The molecule has 1 unspecified atom stereocenters. The van der Waals surface area contributed by atoms with Crippen LogP contribution in [0.3, 0.4) is 0 Å². The molecule has 0 aromatic heterocycles.